The van der Waals surface area contributed by atoms with Crippen molar-refractivity contribution in [1.29, 1.82) is 0 Å². The summed E-state index contributed by atoms with van der Waals surface area (Å²) in [6.45, 7) is 2.16. The number of ether oxygens (including phenoxy) is 1. The zero-order chi connectivity index (χ0) is 7.82. The summed E-state index contributed by atoms with van der Waals surface area (Å²) < 4.78 is 4.80. The number of aliphatic hydroxyl groups is 2. The summed E-state index contributed by atoms with van der Waals surface area (Å²) in [5.41, 5.74) is 0. The predicted molar refractivity (Wildman–Crippen MR) is 37.4 cm³/mol. The van der Waals surface area contributed by atoms with E-state index in [0.717, 1.165) is 0 Å². The van der Waals surface area contributed by atoms with E-state index in [0.29, 0.717) is 6.61 Å². The summed E-state index contributed by atoms with van der Waals surface area (Å²) in [7, 11) is 0. The van der Waals surface area contributed by atoms with Crippen LogP contribution in [0.4, 0.5) is 0 Å². The van der Waals surface area contributed by atoms with E-state index in [1.807, 2.05) is 0 Å². The van der Waals surface area contributed by atoms with E-state index >= 15 is 0 Å². The molecule has 0 heterocycles. The van der Waals surface area contributed by atoms with Gasteiger partial charge >= 0.3 is 0 Å². The van der Waals surface area contributed by atoms with Gasteiger partial charge in [-0.25, -0.2) is 0 Å². The number of aliphatic hydroxyl groups excluding tert-OH is 2. The lowest BCUT2D eigenvalue weighted by Gasteiger charge is -1.93. The first-order valence-electron chi connectivity index (χ1n) is 3.12. The van der Waals surface area contributed by atoms with Crippen LogP contribution in [0.15, 0.2) is 0 Å². The van der Waals surface area contributed by atoms with E-state index in [-0.39, 0.29) is 13.2 Å². The molecule has 58 valence electrons. The predicted octanol–water partition coefficient (Wildman–Crippen LogP) is -0.621. The first-order chi connectivity index (χ1) is 4.77. The number of hydrogen-bond donors (Lipinski definition) is 2. The topological polar surface area (TPSA) is 49.7 Å². The first kappa shape index (κ1) is 9.44. The molecule has 0 saturated carbocycles. The minimum Gasteiger partial charge on any atom is -0.394 e. The molecule has 2 N–H and O–H groups in total. The highest BCUT2D eigenvalue weighted by Gasteiger charge is 1.82. The number of rotatable bonds is 3. The average molecular weight is 144 g/mol. The Morgan fingerprint density at radius 2 is 2.30 bits per heavy atom. The van der Waals surface area contributed by atoms with Crippen LogP contribution >= 0.6 is 0 Å². The molecule has 0 saturated heterocycles. The van der Waals surface area contributed by atoms with Crippen LogP contribution in [0.3, 0.4) is 0 Å². The molecule has 0 aromatic rings. The standard InChI is InChI=1S/C7H12O3/c1-7(9)3-2-5-10-6-4-8/h7-9H,4-6H2,1H3/t7-/m0/s1. The molecular weight excluding hydrogens is 132 g/mol. The lowest BCUT2D eigenvalue weighted by molar-refractivity contribution is 0.115. The van der Waals surface area contributed by atoms with Crippen molar-refractivity contribution in [3.05, 3.63) is 0 Å². The van der Waals surface area contributed by atoms with E-state index in [2.05, 4.69) is 11.8 Å². The second-order valence-corrected chi connectivity index (χ2v) is 1.77. The highest BCUT2D eigenvalue weighted by Crippen LogP contribution is 1.74. The zero-order valence-electron chi connectivity index (χ0n) is 6.00. The lowest BCUT2D eigenvalue weighted by Crippen LogP contribution is -2.00. The van der Waals surface area contributed by atoms with Gasteiger partial charge in [-0.05, 0) is 6.92 Å². The van der Waals surface area contributed by atoms with Crippen LogP contribution in [-0.2, 0) is 4.74 Å². The molecule has 0 aliphatic heterocycles. The van der Waals surface area contributed by atoms with Crippen LogP contribution < -0.4 is 0 Å². The maximum absolute atomic E-state index is 8.63. The van der Waals surface area contributed by atoms with Crippen LogP contribution in [0.1, 0.15) is 6.92 Å². The quantitative estimate of drug-likeness (QED) is 0.410. The van der Waals surface area contributed by atoms with Gasteiger partial charge in [0.1, 0.15) is 12.7 Å². The average Bonchev–Trinajstić information content (AvgIpc) is 1.87. The van der Waals surface area contributed by atoms with Gasteiger partial charge in [0.25, 0.3) is 0 Å². The molecule has 0 amide bonds. The van der Waals surface area contributed by atoms with Gasteiger partial charge in [-0.1, -0.05) is 11.8 Å². The van der Waals surface area contributed by atoms with Crippen molar-refractivity contribution in [2.45, 2.75) is 13.0 Å². The van der Waals surface area contributed by atoms with Crippen LogP contribution in [0.2, 0.25) is 0 Å². The molecule has 10 heavy (non-hydrogen) atoms. The zero-order valence-corrected chi connectivity index (χ0v) is 6.00. The van der Waals surface area contributed by atoms with E-state index < -0.39 is 6.10 Å². The van der Waals surface area contributed by atoms with Gasteiger partial charge in [-0.2, -0.15) is 0 Å². The maximum atomic E-state index is 8.63. The fourth-order valence-corrected chi connectivity index (χ4v) is 0.377. The highest BCUT2D eigenvalue weighted by molar-refractivity contribution is 5.03. The van der Waals surface area contributed by atoms with Crippen molar-refractivity contribution < 1.29 is 14.9 Å². The van der Waals surface area contributed by atoms with Gasteiger partial charge < -0.3 is 14.9 Å². The molecule has 3 nitrogen and oxygen atoms in total. The van der Waals surface area contributed by atoms with E-state index in [1.165, 1.54) is 0 Å². The molecule has 1 atom stereocenters. The molecular formula is C7H12O3. The summed E-state index contributed by atoms with van der Waals surface area (Å²) in [5, 5.41) is 16.9. The lowest BCUT2D eigenvalue weighted by atomic mass is 10.4. The Morgan fingerprint density at radius 1 is 1.60 bits per heavy atom. The van der Waals surface area contributed by atoms with E-state index in [4.69, 9.17) is 14.9 Å². The van der Waals surface area contributed by atoms with Gasteiger partial charge in [0.05, 0.1) is 13.2 Å². The smallest absolute Gasteiger partial charge is 0.112 e. The Balaban J connectivity index is 3.12. The second kappa shape index (κ2) is 6.56. The molecule has 0 aromatic heterocycles. The van der Waals surface area contributed by atoms with Gasteiger partial charge in [0.2, 0.25) is 0 Å². The molecule has 0 radical (unpaired) electrons. The van der Waals surface area contributed by atoms with Gasteiger partial charge in [0.15, 0.2) is 0 Å². The molecule has 0 bridgehead atoms. The third kappa shape index (κ3) is 7.44. The minimum atomic E-state index is -0.599. The van der Waals surface area contributed by atoms with Crippen LogP contribution in [0, 0.1) is 11.8 Å². The van der Waals surface area contributed by atoms with Crippen molar-refractivity contribution in [3.8, 4) is 11.8 Å². The Bertz CT molecular complexity index is 121. The van der Waals surface area contributed by atoms with Gasteiger partial charge in [-0.15, -0.1) is 0 Å². The van der Waals surface area contributed by atoms with E-state index in [9.17, 15) is 0 Å². The molecule has 0 aliphatic rings. The third-order valence-corrected chi connectivity index (χ3v) is 0.721. The first-order valence-corrected chi connectivity index (χ1v) is 3.12. The summed E-state index contributed by atoms with van der Waals surface area (Å²) >= 11 is 0. The largest absolute Gasteiger partial charge is 0.394 e. The van der Waals surface area contributed by atoms with Gasteiger partial charge in [0, 0.05) is 0 Å². The van der Waals surface area contributed by atoms with Crippen LogP contribution in [0.5, 0.6) is 0 Å². The summed E-state index contributed by atoms with van der Waals surface area (Å²) in [4.78, 5) is 0. The maximum Gasteiger partial charge on any atom is 0.112 e. The molecule has 0 unspecified atom stereocenters. The fraction of sp³-hybridized carbons (Fsp3) is 0.714. The molecule has 0 fully saturated rings. The normalized spacial score (nSPS) is 11.9. The molecule has 0 aromatic carbocycles. The second-order valence-electron chi connectivity index (χ2n) is 1.77. The molecule has 0 rings (SSSR count). The minimum absolute atomic E-state index is 0.0103. The van der Waals surface area contributed by atoms with Crippen molar-refractivity contribution >= 4 is 0 Å². The van der Waals surface area contributed by atoms with Crippen molar-refractivity contribution in [1.82, 2.24) is 0 Å². The van der Waals surface area contributed by atoms with Crippen LogP contribution in [0.25, 0.3) is 0 Å². The SMILES string of the molecule is C[C@H](O)C#CCOCCO. The monoisotopic (exact) mass is 144 g/mol. The van der Waals surface area contributed by atoms with Crippen LogP contribution in [-0.4, -0.2) is 36.1 Å². The third-order valence-electron chi connectivity index (χ3n) is 0.721. The van der Waals surface area contributed by atoms with E-state index in [1.54, 1.807) is 6.92 Å². The summed E-state index contributed by atoms with van der Waals surface area (Å²) in [5.74, 6) is 5.09. The molecule has 0 spiro atoms. The van der Waals surface area contributed by atoms with Crippen molar-refractivity contribution in [2.24, 2.45) is 0 Å². The Hall–Kier alpha value is -0.560. The Morgan fingerprint density at radius 3 is 2.80 bits per heavy atom. The highest BCUT2D eigenvalue weighted by atomic mass is 16.5. The summed E-state index contributed by atoms with van der Waals surface area (Å²) in [6.07, 6.45) is -0.599. The summed E-state index contributed by atoms with van der Waals surface area (Å²) in [6, 6.07) is 0. The van der Waals surface area contributed by atoms with Crippen molar-refractivity contribution in [2.75, 3.05) is 19.8 Å². The van der Waals surface area contributed by atoms with Crippen molar-refractivity contribution in [3.63, 3.8) is 0 Å². The molecule has 0 aliphatic carbocycles. The molecule has 3 heteroatoms. The Labute approximate surface area is 60.6 Å². The fourth-order valence-electron chi connectivity index (χ4n) is 0.377. The van der Waals surface area contributed by atoms with Gasteiger partial charge in [-0.3, -0.25) is 0 Å². The number of hydrogen-bond acceptors (Lipinski definition) is 3. The Kier molecular flexibility index (Phi) is 6.19.